The van der Waals surface area contributed by atoms with E-state index in [1.807, 2.05) is 29.2 Å². The molecule has 0 amide bonds. The zero-order chi connectivity index (χ0) is 13.2. The number of nitrogens with two attached hydrogens (primary N) is 1. The van der Waals surface area contributed by atoms with E-state index in [-0.39, 0.29) is 6.54 Å². The van der Waals surface area contributed by atoms with E-state index in [1.54, 1.807) is 7.11 Å². The summed E-state index contributed by atoms with van der Waals surface area (Å²) >= 11 is 0. The van der Waals surface area contributed by atoms with E-state index in [2.05, 4.69) is 0 Å². The lowest BCUT2D eigenvalue weighted by atomic mass is 9.90. The van der Waals surface area contributed by atoms with Gasteiger partial charge in [-0.15, -0.1) is 0 Å². The fraction of sp³-hybridized carbons (Fsp3) is 0.538. The molecule has 2 N–H and O–H groups in total. The lowest BCUT2D eigenvalue weighted by Crippen LogP contribution is -2.59. The van der Waals surface area contributed by atoms with Crippen LogP contribution in [0.15, 0.2) is 24.3 Å². The molecule has 5 heteroatoms. The molecule has 100 valence electrons. The van der Waals surface area contributed by atoms with E-state index in [0.29, 0.717) is 18.6 Å². The predicted octanol–water partition coefficient (Wildman–Crippen LogP) is 2.26. The maximum atomic E-state index is 13.0. The Labute approximate surface area is 106 Å². The summed E-state index contributed by atoms with van der Waals surface area (Å²) in [6.07, 6.45) is -1.48. The second kappa shape index (κ2) is 5.10. The quantitative estimate of drug-likeness (QED) is 0.901. The third kappa shape index (κ3) is 2.41. The largest absolute Gasteiger partial charge is 0.495 e. The maximum absolute atomic E-state index is 13.0. The molecule has 1 aromatic carbocycles. The van der Waals surface area contributed by atoms with Gasteiger partial charge >= 0.3 is 0 Å². The number of hydrogen-bond acceptors (Lipinski definition) is 3. The number of piperidine rings is 1. The van der Waals surface area contributed by atoms with Crippen LogP contribution >= 0.6 is 0 Å². The van der Waals surface area contributed by atoms with Gasteiger partial charge in [-0.2, -0.15) is 0 Å². The molecule has 2 rings (SSSR count). The number of ether oxygens (including phenoxy) is 1. The Morgan fingerprint density at radius 2 is 2.11 bits per heavy atom. The minimum Gasteiger partial charge on any atom is -0.495 e. The number of methoxy groups -OCH3 is 1. The Bertz CT molecular complexity index is 414. The molecule has 0 saturated carbocycles. The van der Waals surface area contributed by atoms with Crippen LogP contribution in [0.1, 0.15) is 12.8 Å². The summed E-state index contributed by atoms with van der Waals surface area (Å²) in [6, 6.07) is 7.42. The van der Waals surface area contributed by atoms with Crippen molar-refractivity contribution in [1.82, 2.24) is 0 Å². The number of para-hydroxylation sites is 2. The van der Waals surface area contributed by atoms with E-state index < -0.39 is 12.0 Å². The highest BCUT2D eigenvalue weighted by atomic mass is 19.3. The molecule has 1 saturated heterocycles. The molecule has 3 nitrogen and oxygen atoms in total. The van der Waals surface area contributed by atoms with Crippen LogP contribution in [0, 0.1) is 0 Å². The van der Waals surface area contributed by atoms with Gasteiger partial charge in [-0.3, -0.25) is 0 Å². The van der Waals surface area contributed by atoms with Crippen molar-refractivity contribution >= 4 is 5.69 Å². The van der Waals surface area contributed by atoms with Crippen LogP contribution in [0.5, 0.6) is 5.75 Å². The SMILES string of the molecule is COc1ccccc1N1CCCC(N)(C(F)F)C1. The van der Waals surface area contributed by atoms with Gasteiger partial charge in [0, 0.05) is 13.1 Å². The van der Waals surface area contributed by atoms with Gasteiger partial charge in [0.05, 0.1) is 18.3 Å². The van der Waals surface area contributed by atoms with Gasteiger partial charge in [-0.25, -0.2) is 8.78 Å². The standard InChI is InChI=1S/C13H18F2N2O/c1-18-11-6-3-2-5-10(11)17-8-4-7-13(16,9-17)12(14)15/h2-3,5-6,12H,4,7-9,16H2,1H3. The topological polar surface area (TPSA) is 38.5 Å². The van der Waals surface area contributed by atoms with E-state index in [1.165, 1.54) is 0 Å². The number of halogens is 2. The molecular formula is C13H18F2N2O. The van der Waals surface area contributed by atoms with Crippen molar-refractivity contribution < 1.29 is 13.5 Å². The van der Waals surface area contributed by atoms with E-state index in [9.17, 15) is 8.78 Å². The smallest absolute Gasteiger partial charge is 0.258 e. The fourth-order valence-electron chi connectivity index (χ4n) is 2.39. The molecule has 0 spiro atoms. The van der Waals surface area contributed by atoms with Crippen molar-refractivity contribution in [2.45, 2.75) is 24.8 Å². The lowest BCUT2D eigenvalue weighted by Gasteiger charge is -2.41. The summed E-state index contributed by atoms with van der Waals surface area (Å²) in [5, 5.41) is 0. The van der Waals surface area contributed by atoms with Crippen LogP contribution in [0.3, 0.4) is 0 Å². The predicted molar refractivity (Wildman–Crippen MR) is 67.4 cm³/mol. The lowest BCUT2D eigenvalue weighted by molar-refractivity contribution is 0.0447. The van der Waals surface area contributed by atoms with Gasteiger partial charge in [-0.1, -0.05) is 12.1 Å². The van der Waals surface area contributed by atoms with Crippen molar-refractivity contribution in [2.24, 2.45) is 5.73 Å². The minimum atomic E-state index is -2.50. The molecule has 0 radical (unpaired) electrons. The van der Waals surface area contributed by atoms with E-state index >= 15 is 0 Å². The molecular weight excluding hydrogens is 238 g/mol. The van der Waals surface area contributed by atoms with Crippen LogP contribution in [0.25, 0.3) is 0 Å². The molecule has 18 heavy (non-hydrogen) atoms. The average Bonchev–Trinajstić information content (AvgIpc) is 2.38. The maximum Gasteiger partial charge on any atom is 0.258 e. The molecule has 1 heterocycles. The molecule has 0 aromatic heterocycles. The van der Waals surface area contributed by atoms with E-state index in [0.717, 1.165) is 12.2 Å². The number of alkyl halides is 2. The van der Waals surface area contributed by atoms with Gasteiger partial charge in [0.15, 0.2) is 0 Å². The zero-order valence-corrected chi connectivity index (χ0v) is 10.4. The summed E-state index contributed by atoms with van der Waals surface area (Å²) in [6.45, 7) is 0.886. The summed E-state index contributed by atoms with van der Waals surface area (Å²) < 4.78 is 31.2. The van der Waals surface area contributed by atoms with Crippen molar-refractivity contribution in [3.05, 3.63) is 24.3 Å². The second-order valence-corrected chi connectivity index (χ2v) is 4.73. The highest BCUT2D eigenvalue weighted by Gasteiger charge is 2.40. The molecule has 1 aliphatic rings. The highest BCUT2D eigenvalue weighted by Crippen LogP contribution is 2.33. The van der Waals surface area contributed by atoms with Crippen molar-refractivity contribution in [1.29, 1.82) is 0 Å². The third-order valence-corrected chi connectivity index (χ3v) is 3.42. The first-order valence-electron chi connectivity index (χ1n) is 6.02. The Morgan fingerprint density at radius 1 is 1.39 bits per heavy atom. The molecule has 0 bridgehead atoms. The first-order chi connectivity index (χ1) is 8.57. The summed E-state index contributed by atoms with van der Waals surface area (Å²) in [5.41, 5.74) is 5.20. The summed E-state index contributed by atoms with van der Waals surface area (Å²) in [5.74, 6) is 0.691. The Hall–Kier alpha value is -1.36. The first-order valence-corrected chi connectivity index (χ1v) is 6.02. The molecule has 1 unspecified atom stereocenters. The fourth-order valence-corrected chi connectivity index (χ4v) is 2.39. The van der Waals surface area contributed by atoms with Gasteiger partial charge in [0.1, 0.15) is 5.75 Å². The summed E-state index contributed by atoms with van der Waals surface area (Å²) in [7, 11) is 1.57. The van der Waals surface area contributed by atoms with Crippen LogP contribution < -0.4 is 15.4 Å². The molecule has 1 fully saturated rings. The van der Waals surface area contributed by atoms with Crippen LogP contribution in [-0.2, 0) is 0 Å². The first kappa shape index (κ1) is 13.1. The number of rotatable bonds is 3. The van der Waals surface area contributed by atoms with E-state index in [4.69, 9.17) is 10.5 Å². The van der Waals surface area contributed by atoms with Crippen LogP contribution in [0.4, 0.5) is 14.5 Å². The van der Waals surface area contributed by atoms with Crippen molar-refractivity contribution in [2.75, 3.05) is 25.1 Å². The Balaban J connectivity index is 2.23. The van der Waals surface area contributed by atoms with Gasteiger partial charge in [0.25, 0.3) is 6.43 Å². The Kier molecular flexibility index (Phi) is 3.71. The third-order valence-electron chi connectivity index (χ3n) is 3.42. The molecule has 0 aliphatic carbocycles. The average molecular weight is 256 g/mol. The number of nitrogens with zero attached hydrogens (tertiary/aromatic N) is 1. The highest BCUT2D eigenvalue weighted by molar-refractivity contribution is 5.59. The van der Waals surface area contributed by atoms with Crippen LogP contribution in [0.2, 0.25) is 0 Å². The molecule has 1 aliphatic heterocycles. The molecule has 1 atom stereocenters. The number of anilines is 1. The molecule has 1 aromatic rings. The van der Waals surface area contributed by atoms with Crippen molar-refractivity contribution in [3.8, 4) is 5.75 Å². The van der Waals surface area contributed by atoms with Gasteiger partial charge in [-0.05, 0) is 25.0 Å². The van der Waals surface area contributed by atoms with Crippen molar-refractivity contribution in [3.63, 3.8) is 0 Å². The monoisotopic (exact) mass is 256 g/mol. The normalized spacial score (nSPS) is 24.4. The van der Waals surface area contributed by atoms with Crippen LogP contribution in [-0.4, -0.2) is 32.2 Å². The van der Waals surface area contributed by atoms with Gasteiger partial charge in [0.2, 0.25) is 0 Å². The number of benzene rings is 1. The summed E-state index contributed by atoms with van der Waals surface area (Å²) in [4.78, 5) is 1.88. The minimum absolute atomic E-state index is 0.158. The zero-order valence-electron chi connectivity index (χ0n) is 10.4. The van der Waals surface area contributed by atoms with Gasteiger partial charge < -0.3 is 15.4 Å². The second-order valence-electron chi connectivity index (χ2n) is 4.73. The number of hydrogen-bond donors (Lipinski definition) is 1. The Morgan fingerprint density at radius 3 is 2.78 bits per heavy atom.